The normalized spacial score (nSPS) is 13.5. The molecule has 2 atom stereocenters. The Balaban J connectivity index is 2.33. The van der Waals surface area contributed by atoms with Crippen LogP contribution in [0.25, 0.3) is 0 Å². The second kappa shape index (κ2) is 8.84. The molecular formula is C20H25ClN2O4S. The molecule has 0 fully saturated rings. The monoisotopic (exact) mass is 424 g/mol. The molecule has 1 amide bonds. The van der Waals surface area contributed by atoms with Crippen LogP contribution in [0.4, 0.5) is 5.69 Å². The SMILES string of the molecule is COc1ccc(Cl)cc1N([C@@H](C)C(=O)N[C@@H](C)c1ccc(C)cc1)S(C)(=O)=O. The fourth-order valence-corrected chi connectivity index (χ4v) is 4.23. The predicted octanol–water partition coefficient (Wildman–Crippen LogP) is 3.69. The average molecular weight is 425 g/mol. The van der Waals surface area contributed by atoms with Crippen molar-refractivity contribution in [2.24, 2.45) is 0 Å². The van der Waals surface area contributed by atoms with Gasteiger partial charge in [-0.3, -0.25) is 9.10 Å². The minimum Gasteiger partial charge on any atom is -0.495 e. The third-order valence-corrected chi connectivity index (χ3v) is 5.87. The molecule has 0 spiro atoms. The van der Waals surface area contributed by atoms with Gasteiger partial charge in [0.15, 0.2) is 0 Å². The molecule has 28 heavy (non-hydrogen) atoms. The van der Waals surface area contributed by atoms with Crippen LogP contribution >= 0.6 is 11.6 Å². The summed E-state index contributed by atoms with van der Waals surface area (Å²) >= 11 is 6.05. The topological polar surface area (TPSA) is 75.7 Å². The molecule has 0 radical (unpaired) electrons. The van der Waals surface area contributed by atoms with Crippen molar-refractivity contribution in [1.82, 2.24) is 5.32 Å². The Morgan fingerprint density at radius 2 is 1.75 bits per heavy atom. The van der Waals surface area contributed by atoms with Crippen molar-refractivity contribution >= 4 is 33.2 Å². The summed E-state index contributed by atoms with van der Waals surface area (Å²) in [7, 11) is -2.36. The first-order chi connectivity index (χ1) is 13.0. The number of nitrogens with zero attached hydrogens (tertiary/aromatic N) is 1. The van der Waals surface area contributed by atoms with E-state index in [1.807, 2.05) is 38.1 Å². The maximum absolute atomic E-state index is 12.8. The zero-order chi connectivity index (χ0) is 21.1. The standard InChI is InChI=1S/C20H25ClN2O4S/c1-13-6-8-16(9-7-13)14(2)22-20(24)15(3)23(28(5,25)26)18-12-17(21)10-11-19(18)27-4/h6-12,14-15H,1-5H3,(H,22,24)/t14-,15-/m0/s1. The highest BCUT2D eigenvalue weighted by atomic mass is 35.5. The first kappa shape index (κ1) is 22.0. The number of aryl methyl sites for hydroxylation is 1. The van der Waals surface area contributed by atoms with Gasteiger partial charge in [0.05, 0.1) is 25.1 Å². The summed E-state index contributed by atoms with van der Waals surface area (Å²) in [4.78, 5) is 12.8. The van der Waals surface area contributed by atoms with Gasteiger partial charge in [-0.05, 0) is 44.5 Å². The van der Waals surface area contributed by atoms with E-state index < -0.39 is 22.0 Å². The molecule has 0 saturated carbocycles. The molecule has 0 heterocycles. The number of carbonyl (C=O) groups is 1. The molecule has 2 rings (SSSR count). The molecule has 2 aromatic rings. The van der Waals surface area contributed by atoms with Gasteiger partial charge >= 0.3 is 0 Å². The van der Waals surface area contributed by atoms with Gasteiger partial charge in [0.2, 0.25) is 15.9 Å². The molecule has 1 N–H and O–H groups in total. The molecule has 0 aliphatic heterocycles. The van der Waals surface area contributed by atoms with E-state index in [0.717, 1.165) is 21.7 Å². The Morgan fingerprint density at radius 3 is 2.29 bits per heavy atom. The van der Waals surface area contributed by atoms with Crippen LogP contribution in [0.3, 0.4) is 0 Å². The summed E-state index contributed by atoms with van der Waals surface area (Å²) in [5, 5.41) is 3.21. The number of methoxy groups -OCH3 is 1. The second-order valence-electron chi connectivity index (χ2n) is 6.69. The average Bonchev–Trinajstić information content (AvgIpc) is 2.61. The van der Waals surface area contributed by atoms with Crippen LogP contribution in [0.1, 0.15) is 31.0 Å². The lowest BCUT2D eigenvalue weighted by atomic mass is 10.1. The van der Waals surface area contributed by atoms with E-state index in [2.05, 4.69) is 5.32 Å². The van der Waals surface area contributed by atoms with Gasteiger partial charge in [-0.2, -0.15) is 0 Å². The van der Waals surface area contributed by atoms with E-state index in [1.54, 1.807) is 12.1 Å². The molecule has 8 heteroatoms. The number of hydrogen-bond donors (Lipinski definition) is 1. The Labute approximate surface area is 171 Å². The highest BCUT2D eigenvalue weighted by molar-refractivity contribution is 7.92. The van der Waals surface area contributed by atoms with Crippen molar-refractivity contribution in [2.75, 3.05) is 17.7 Å². The van der Waals surface area contributed by atoms with E-state index in [-0.39, 0.29) is 11.7 Å². The fourth-order valence-electron chi connectivity index (χ4n) is 2.89. The van der Waals surface area contributed by atoms with Crippen molar-refractivity contribution in [3.63, 3.8) is 0 Å². The number of hydrogen-bond acceptors (Lipinski definition) is 4. The number of benzene rings is 2. The Kier molecular flexibility index (Phi) is 6.96. The summed E-state index contributed by atoms with van der Waals surface area (Å²) in [5.41, 5.74) is 2.26. The first-order valence-electron chi connectivity index (χ1n) is 8.74. The number of rotatable bonds is 7. The van der Waals surface area contributed by atoms with Crippen molar-refractivity contribution in [2.45, 2.75) is 32.9 Å². The second-order valence-corrected chi connectivity index (χ2v) is 8.99. The maximum Gasteiger partial charge on any atom is 0.244 e. The number of anilines is 1. The smallest absolute Gasteiger partial charge is 0.244 e. The summed E-state index contributed by atoms with van der Waals surface area (Å²) in [6.07, 6.45) is 1.04. The molecule has 0 aromatic heterocycles. The number of halogens is 1. The van der Waals surface area contributed by atoms with Crippen LogP contribution in [0.15, 0.2) is 42.5 Å². The zero-order valence-corrected chi connectivity index (χ0v) is 18.1. The lowest BCUT2D eigenvalue weighted by Crippen LogP contribution is -2.48. The van der Waals surface area contributed by atoms with Crippen molar-refractivity contribution in [3.05, 3.63) is 58.6 Å². The minimum absolute atomic E-state index is 0.211. The van der Waals surface area contributed by atoms with E-state index in [0.29, 0.717) is 10.8 Å². The molecule has 0 bridgehead atoms. The van der Waals surface area contributed by atoms with Gasteiger partial charge in [-0.1, -0.05) is 41.4 Å². The number of nitrogens with one attached hydrogen (secondary N) is 1. The van der Waals surface area contributed by atoms with E-state index in [1.165, 1.54) is 20.1 Å². The molecule has 0 aliphatic carbocycles. The Hall–Kier alpha value is -2.25. The number of amides is 1. The first-order valence-corrected chi connectivity index (χ1v) is 11.0. The Morgan fingerprint density at radius 1 is 1.14 bits per heavy atom. The third kappa shape index (κ3) is 5.17. The molecule has 152 valence electrons. The lowest BCUT2D eigenvalue weighted by Gasteiger charge is -2.30. The van der Waals surface area contributed by atoms with Gasteiger partial charge in [-0.15, -0.1) is 0 Å². The molecule has 0 aliphatic rings. The van der Waals surface area contributed by atoms with Crippen LogP contribution in [-0.4, -0.2) is 33.7 Å². The van der Waals surface area contributed by atoms with Crippen LogP contribution in [0.5, 0.6) is 5.75 Å². The summed E-state index contributed by atoms with van der Waals surface area (Å²) < 4.78 is 31.3. The van der Waals surface area contributed by atoms with Gasteiger partial charge in [0.1, 0.15) is 11.8 Å². The lowest BCUT2D eigenvalue weighted by molar-refractivity contribution is -0.122. The van der Waals surface area contributed by atoms with Crippen LogP contribution in [-0.2, 0) is 14.8 Å². The summed E-state index contributed by atoms with van der Waals surface area (Å²) in [6, 6.07) is 11.1. The molecule has 0 saturated heterocycles. The highest BCUT2D eigenvalue weighted by Crippen LogP contribution is 2.34. The van der Waals surface area contributed by atoms with Crippen molar-refractivity contribution in [3.8, 4) is 5.75 Å². The number of carbonyl (C=O) groups excluding carboxylic acids is 1. The van der Waals surface area contributed by atoms with E-state index >= 15 is 0 Å². The molecule has 0 unspecified atom stereocenters. The Bertz CT molecular complexity index is 945. The molecule has 2 aromatic carbocycles. The van der Waals surface area contributed by atoms with E-state index in [4.69, 9.17) is 16.3 Å². The van der Waals surface area contributed by atoms with Gasteiger partial charge in [-0.25, -0.2) is 8.42 Å². The predicted molar refractivity (Wildman–Crippen MR) is 113 cm³/mol. The third-order valence-electron chi connectivity index (χ3n) is 4.40. The van der Waals surface area contributed by atoms with Crippen molar-refractivity contribution in [1.29, 1.82) is 0 Å². The highest BCUT2D eigenvalue weighted by Gasteiger charge is 2.32. The number of sulfonamides is 1. The number of ether oxygens (including phenoxy) is 1. The maximum atomic E-state index is 12.8. The van der Waals surface area contributed by atoms with Crippen molar-refractivity contribution < 1.29 is 17.9 Å². The summed E-state index contributed by atoms with van der Waals surface area (Å²) in [5.74, 6) is -0.124. The van der Waals surface area contributed by atoms with Crippen LogP contribution < -0.4 is 14.4 Å². The van der Waals surface area contributed by atoms with Crippen LogP contribution in [0.2, 0.25) is 5.02 Å². The molecular weight excluding hydrogens is 400 g/mol. The van der Waals surface area contributed by atoms with Gasteiger partial charge in [0.25, 0.3) is 0 Å². The van der Waals surface area contributed by atoms with E-state index in [9.17, 15) is 13.2 Å². The largest absolute Gasteiger partial charge is 0.495 e. The van der Waals surface area contributed by atoms with Gasteiger partial charge in [0, 0.05) is 5.02 Å². The van der Waals surface area contributed by atoms with Crippen LogP contribution in [0, 0.1) is 6.92 Å². The zero-order valence-electron chi connectivity index (χ0n) is 16.6. The molecule has 6 nitrogen and oxygen atoms in total. The summed E-state index contributed by atoms with van der Waals surface area (Å²) in [6.45, 7) is 5.36. The minimum atomic E-state index is -3.78. The van der Waals surface area contributed by atoms with Gasteiger partial charge < -0.3 is 10.1 Å². The fraction of sp³-hybridized carbons (Fsp3) is 0.350. The quantitative estimate of drug-likeness (QED) is 0.735.